The first kappa shape index (κ1) is 34.6. The van der Waals surface area contributed by atoms with E-state index < -0.39 is 41.7 Å². The highest BCUT2D eigenvalue weighted by molar-refractivity contribution is 5.97. The Morgan fingerprint density at radius 1 is 0.812 bits per heavy atom. The first-order valence-electron chi connectivity index (χ1n) is 13.9. The number of alkyl halides is 3. The van der Waals surface area contributed by atoms with Crippen LogP contribution >= 0.6 is 0 Å². The zero-order chi connectivity index (χ0) is 34.8. The summed E-state index contributed by atoms with van der Waals surface area (Å²) in [6.07, 6.45) is -4.84. The Hall–Kier alpha value is -6.26. The Balaban J connectivity index is 1.53. The van der Waals surface area contributed by atoms with E-state index in [1.54, 1.807) is 12.1 Å². The minimum absolute atomic E-state index is 0.0526. The second kappa shape index (κ2) is 15.4. The van der Waals surface area contributed by atoms with Crippen LogP contribution in [0.25, 0.3) is 0 Å². The fourth-order valence-electron chi connectivity index (χ4n) is 4.00. The lowest BCUT2D eigenvalue weighted by molar-refractivity contribution is -0.140. The Bertz CT molecular complexity index is 1860. The standard InChI is InChI=1S/C35H24F3NO9/c1-2-31(41)45-20-29(40)23-7-9-24(10-8-23)32(42)47-27-15-16-30(48-33(43)25-11-13-26(14-12-25)35(36,37)38)28(17-27)34(44)46-19-22-5-3-21(18-39)4-6-22/h2-17,29,40H,1,19-20H2. The summed E-state index contributed by atoms with van der Waals surface area (Å²) in [5, 5.41) is 19.2. The van der Waals surface area contributed by atoms with Gasteiger partial charge in [0, 0.05) is 6.08 Å². The molecule has 244 valence electrons. The Morgan fingerprint density at radius 3 is 2.00 bits per heavy atom. The van der Waals surface area contributed by atoms with Crippen LogP contribution in [0, 0.1) is 11.3 Å². The van der Waals surface area contributed by atoms with Gasteiger partial charge in [0.15, 0.2) is 0 Å². The average Bonchev–Trinajstić information content (AvgIpc) is 3.09. The van der Waals surface area contributed by atoms with Crippen LogP contribution in [0.2, 0.25) is 0 Å². The van der Waals surface area contributed by atoms with E-state index in [2.05, 4.69) is 6.58 Å². The number of rotatable bonds is 11. The van der Waals surface area contributed by atoms with Gasteiger partial charge in [-0.05, 0) is 77.9 Å². The van der Waals surface area contributed by atoms with Crippen molar-refractivity contribution in [3.63, 3.8) is 0 Å². The Morgan fingerprint density at radius 2 is 1.42 bits per heavy atom. The Kier molecular flexibility index (Phi) is 11.1. The second-order valence-corrected chi connectivity index (χ2v) is 9.87. The van der Waals surface area contributed by atoms with E-state index in [4.69, 9.17) is 24.2 Å². The summed E-state index contributed by atoms with van der Waals surface area (Å²) < 4.78 is 59.7. The monoisotopic (exact) mass is 659 g/mol. The largest absolute Gasteiger partial charge is 0.459 e. The van der Waals surface area contributed by atoms with Crippen molar-refractivity contribution in [1.29, 1.82) is 5.26 Å². The molecule has 0 radical (unpaired) electrons. The summed E-state index contributed by atoms with van der Waals surface area (Å²) in [6.45, 7) is 2.68. The minimum atomic E-state index is -4.62. The maximum atomic E-state index is 13.2. The molecule has 10 nitrogen and oxygen atoms in total. The number of nitriles is 1. The lowest BCUT2D eigenvalue weighted by Gasteiger charge is -2.13. The number of hydrogen-bond acceptors (Lipinski definition) is 10. The molecule has 13 heteroatoms. The molecule has 0 saturated carbocycles. The number of hydrogen-bond donors (Lipinski definition) is 1. The molecule has 1 unspecified atom stereocenters. The van der Waals surface area contributed by atoms with Gasteiger partial charge < -0.3 is 24.1 Å². The summed E-state index contributed by atoms with van der Waals surface area (Å²) in [7, 11) is 0. The average molecular weight is 660 g/mol. The highest BCUT2D eigenvalue weighted by atomic mass is 19.4. The van der Waals surface area contributed by atoms with Crippen molar-refractivity contribution in [3.05, 3.63) is 143 Å². The quantitative estimate of drug-likeness (QED) is 0.113. The molecule has 4 rings (SSSR count). The maximum Gasteiger partial charge on any atom is 0.416 e. The molecule has 0 spiro atoms. The van der Waals surface area contributed by atoms with Crippen molar-refractivity contribution in [1.82, 2.24) is 0 Å². The first-order chi connectivity index (χ1) is 22.9. The third kappa shape index (κ3) is 9.15. The fraction of sp³-hybridized carbons (Fsp3) is 0.114. The van der Waals surface area contributed by atoms with Crippen molar-refractivity contribution in [2.45, 2.75) is 18.9 Å². The number of ether oxygens (including phenoxy) is 4. The third-order valence-corrected chi connectivity index (χ3v) is 6.57. The van der Waals surface area contributed by atoms with Gasteiger partial charge in [0.1, 0.15) is 36.4 Å². The molecule has 1 atom stereocenters. The topological polar surface area (TPSA) is 149 Å². The SMILES string of the molecule is C=CC(=O)OCC(O)c1ccc(C(=O)Oc2ccc(OC(=O)c3ccc(C(F)(F)F)cc3)c(C(=O)OCc3ccc(C#N)cc3)c2)cc1. The number of nitrogens with zero attached hydrogens (tertiary/aromatic N) is 1. The van der Waals surface area contributed by atoms with Crippen molar-refractivity contribution in [3.8, 4) is 17.6 Å². The van der Waals surface area contributed by atoms with Crippen LogP contribution in [0.3, 0.4) is 0 Å². The van der Waals surface area contributed by atoms with E-state index >= 15 is 0 Å². The van der Waals surface area contributed by atoms with E-state index in [0.717, 1.165) is 30.3 Å². The normalized spacial score (nSPS) is 11.4. The van der Waals surface area contributed by atoms with Crippen LogP contribution in [0.4, 0.5) is 13.2 Å². The molecule has 4 aromatic carbocycles. The van der Waals surface area contributed by atoms with Gasteiger partial charge in [-0.3, -0.25) is 0 Å². The van der Waals surface area contributed by atoms with Crippen molar-refractivity contribution in [2.24, 2.45) is 0 Å². The fourth-order valence-corrected chi connectivity index (χ4v) is 4.00. The number of esters is 4. The van der Waals surface area contributed by atoms with Gasteiger partial charge in [0.05, 0.1) is 28.3 Å². The summed E-state index contributed by atoms with van der Waals surface area (Å²) in [5.41, 5.74) is -0.244. The maximum absolute atomic E-state index is 13.2. The molecule has 0 aliphatic heterocycles. The number of aliphatic hydroxyl groups excluding tert-OH is 1. The summed E-state index contributed by atoms with van der Waals surface area (Å²) >= 11 is 0. The lowest BCUT2D eigenvalue weighted by Crippen LogP contribution is -2.15. The van der Waals surface area contributed by atoms with Gasteiger partial charge in [-0.1, -0.05) is 30.8 Å². The number of carbonyl (C=O) groups excluding carboxylic acids is 4. The van der Waals surface area contributed by atoms with Crippen LogP contribution in [-0.4, -0.2) is 35.6 Å². The van der Waals surface area contributed by atoms with E-state index in [1.165, 1.54) is 42.5 Å². The molecule has 48 heavy (non-hydrogen) atoms. The molecule has 0 aliphatic carbocycles. The van der Waals surface area contributed by atoms with Crippen LogP contribution in [0.1, 0.15) is 59.4 Å². The minimum Gasteiger partial charge on any atom is -0.459 e. The predicted molar refractivity (Wildman–Crippen MR) is 161 cm³/mol. The molecule has 4 aromatic rings. The van der Waals surface area contributed by atoms with Gasteiger partial charge in [0.25, 0.3) is 0 Å². The summed E-state index contributed by atoms with van der Waals surface area (Å²) in [4.78, 5) is 50.0. The molecule has 0 aromatic heterocycles. The van der Waals surface area contributed by atoms with E-state index in [0.29, 0.717) is 28.8 Å². The first-order valence-corrected chi connectivity index (χ1v) is 13.9. The van der Waals surface area contributed by atoms with Crippen LogP contribution in [0.15, 0.2) is 104 Å². The van der Waals surface area contributed by atoms with Crippen LogP contribution in [-0.2, 0) is 27.1 Å². The lowest BCUT2D eigenvalue weighted by atomic mass is 10.1. The van der Waals surface area contributed by atoms with Crippen molar-refractivity contribution < 1.29 is 56.4 Å². The summed E-state index contributed by atoms with van der Waals surface area (Å²) in [5.74, 6) is -4.13. The smallest absolute Gasteiger partial charge is 0.416 e. The molecular formula is C35H24F3NO9. The third-order valence-electron chi connectivity index (χ3n) is 6.57. The second-order valence-electron chi connectivity index (χ2n) is 9.87. The van der Waals surface area contributed by atoms with Gasteiger partial charge >= 0.3 is 30.1 Å². The molecule has 1 N–H and O–H groups in total. The number of benzene rings is 4. The van der Waals surface area contributed by atoms with E-state index in [1.807, 2.05) is 6.07 Å². The van der Waals surface area contributed by atoms with Gasteiger partial charge in [-0.25, -0.2) is 19.2 Å². The van der Waals surface area contributed by atoms with Crippen LogP contribution < -0.4 is 9.47 Å². The van der Waals surface area contributed by atoms with Gasteiger partial charge in [-0.2, -0.15) is 18.4 Å². The molecular weight excluding hydrogens is 635 g/mol. The highest BCUT2D eigenvalue weighted by Gasteiger charge is 2.30. The zero-order valence-electron chi connectivity index (χ0n) is 24.7. The van der Waals surface area contributed by atoms with E-state index in [-0.39, 0.29) is 41.4 Å². The molecule has 0 heterocycles. The van der Waals surface area contributed by atoms with Crippen molar-refractivity contribution in [2.75, 3.05) is 6.61 Å². The van der Waals surface area contributed by atoms with Gasteiger partial charge in [-0.15, -0.1) is 0 Å². The molecule has 0 fully saturated rings. The molecule has 0 bridgehead atoms. The number of halogens is 3. The molecule has 0 aliphatic rings. The predicted octanol–water partition coefficient (Wildman–Crippen LogP) is 6.14. The molecule has 0 saturated heterocycles. The van der Waals surface area contributed by atoms with Crippen molar-refractivity contribution >= 4 is 23.9 Å². The van der Waals surface area contributed by atoms with Crippen LogP contribution in [0.5, 0.6) is 11.5 Å². The van der Waals surface area contributed by atoms with E-state index in [9.17, 15) is 37.5 Å². The highest BCUT2D eigenvalue weighted by Crippen LogP contribution is 2.30. The number of carbonyl (C=O) groups is 4. The van der Waals surface area contributed by atoms with Gasteiger partial charge in [0.2, 0.25) is 0 Å². The number of aliphatic hydroxyl groups is 1. The Labute approximate surface area is 271 Å². The zero-order valence-corrected chi connectivity index (χ0v) is 24.7. The summed E-state index contributed by atoms with van der Waals surface area (Å²) in [6, 6.07) is 20.4. The molecule has 0 amide bonds.